The molecule has 1 aromatic carbocycles. The summed E-state index contributed by atoms with van der Waals surface area (Å²) < 4.78 is 30.3. The number of rotatable bonds is 5. The number of hydrogen-bond donors (Lipinski definition) is 1. The van der Waals surface area contributed by atoms with Gasteiger partial charge in [0, 0.05) is 19.6 Å². The van der Waals surface area contributed by atoms with E-state index in [1.807, 2.05) is 0 Å². The number of anilines is 1. The van der Waals surface area contributed by atoms with Crippen LogP contribution in [0.15, 0.2) is 24.3 Å². The van der Waals surface area contributed by atoms with E-state index >= 15 is 0 Å². The van der Waals surface area contributed by atoms with E-state index in [0.717, 1.165) is 0 Å². The lowest BCUT2D eigenvalue weighted by Gasteiger charge is -2.32. The van der Waals surface area contributed by atoms with Crippen LogP contribution in [0, 0.1) is 0 Å². The highest BCUT2D eigenvalue weighted by Gasteiger charge is 2.32. The number of hydrogen-bond acceptors (Lipinski definition) is 5. The van der Waals surface area contributed by atoms with Crippen LogP contribution in [0.3, 0.4) is 0 Å². The zero-order valence-corrected chi connectivity index (χ0v) is 14.8. The average Bonchev–Trinajstić information content (AvgIpc) is 2.90. The SMILES string of the molecule is C[C@H]1Oc2ccccc2N(CC(=O)NCCN2CCCS2(=O)=O)C1=O. The van der Waals surface area contributed by atoms with E-state index in [2.05, 4.69) is 5.32 Å². The molecule has 25 heavy (non-hydrogen) atoms. The van der Waals surface area contributed by atoms with Crippen LogP contribution in [0.5, 0.6) is 5.75 Å². The lowest BCUT2D eigenvalue weighted by molar-refractivity contribution is -0.128. The third-order valence-electron chi connectivity index (χ3n) is 4.26. The van der Waals surface area contributed by atoms with Crippen molar-refractivity contribution in [2.75, 3.05) is 36.8 Å². The summed E-state index contributed by atoms with van der Waals surface area (Å²) in [6, 6.07) is 7.05. The van der Waals surface area contributed by atoms with Gasteiger partial charge in [-0.1, -0.05) is 12.1 Å². The molecule has 0 aromatic heterocycles. The van der Waals surface area contributed by atoms with Crippen molar-refractivity contribution >= 4 is 27.5 Å². The molecule has 1 N–H and O–H groups in total. The van der Waals surface area contributed by atoms with Crippen molar-refractivity contribution < 1.29 is 22.7 Å². The lowest BCUT2D eigenvalue weighted by atomic mass is 10.2. The molecular formula is C16H21N3O5S. The number of fused-ring (bicyclic) bond motifs is 1. The summed E-state index contributed by atoms with van der Waals surface area (Å²) >= 11 is 0. The molecule has 1 fully saturated rings. The maximum Gasteiger partial charge on any atom is 0.268 e. The van der Waals surface area contributed by atoms with Gasteiger partial charge in [-0.15, -0.1) is 0 Å². The van der Waals surface area contributed by atoms with Crippen LogP contribution in [0.2, 0.25) is 0 Å². The first-order chi connectivity index (χ1) is 11.9. The first-order valence-corrected chi connectivity index (χ1v) is 9.81. The molecule has 3 rings (SSSR count). The van der Waals surface area contributed by atoms with Gasteiger partial charge in [0.2, 0.25) is 15.9 Å². The maximum absolute atomic E-state index is 12.3. The highest BCUT2D eigenvalue weighted by Crippen LogP contribution is 2.33. The molecule has 0 saturated carbocycles. The summed E-state index contributed by atoms with van der Waals surface area (Å²) in [6.07, 6.45) is -0.0369. The summed E-state index contributed by atoms with van der Waals surface area (Å²) in [6.45, 7) is 2.47. The van der Waals surface area contributed by atoms with Gasteiger partial charge in [0.15, 0.2) is 6.10 Å². The standard InChI is InChI=1S/C16H21N3O5S/c1-12-16(21)19(13-5-2-3-6-14(13)24-12)11-15(20)17-7-9-18-8-4-10-25(18,22)23/h2-3,5-6,12H,4,7-11H2,1H3,(H,17,20)/t12-/m1/s1. The fraction of sp³-hybridized carbons (Fsp3) is 0.500. The third kappa shape index (κ3) is 3.77. The number of carbonyl (C=O) groups excluding carboxylic acids is 2. The van der Waals surface area contributed by atoms with Crippen molar-refractivity contribution in [2.24, 2.45) is 0 Å². The van der Waals surface area contributed by atoms with Crippen molar-refractivity contribution in [1.29, 1.82) is 0 Å². The minimum Gasteiger partial charge on any atom is -0.479 e. The molecule has 2 aliphatic rings. The van der Waals surface area contributed by atoms with Gasteiger partial charge in [-0.2, -0.15) is 0 Å². The van der Waals surface area contributed by atoms with Crippen LogP contribution in [0.4, 0.5) is 5.69 Å². The van der Waals surface area contributed by atoms with E-state index in [0.29, 0.717) is 24.4 Å². The molecular weight excluding hydrogens is 346 g/mol. The quantitative estimate of drug-likeness (QED) is 0.787. The van der Waals surface area contributed by atoms with E-state index in [-0.39, 0.29) is 37.2 Å². The molecule has 0 unspecified atom stereocenters. The van der Waals surface area contributed by atoms with E-state index in [1.54, 1.807) is 31.2 Å². The third-order valence-corrected chi connectivity index (χ3v) is 6.22. The van der Waals surface area contributed by atoms with Crippen LogP contribution in [0.25, 0.3) is 0 Å². The van der Waals surface area contributed by atoms with Crippen LogP contribution in [0.1, 0.15) is 13.3 Å². The Labute approximate surface area is 146 Å². The van der Waals surface area contributed by atoms with Crippen molar-refractivity contribution in [1.82, 2.24) is 9.62 Å². The molecule has 2 heterocycles. The number of amides is 2. The Morgan fingerprint density at radius 3 is 2.84 bits per heavy atom. The molecule has 2 aliphatic heterocycles. The summed E-state index contributed by atoms with van der Waals surface area (Å²) in [5.74, 6) is 0.105. The molecule has 0 spiro atoms. The first kappa shape index (κ1) is 17.7. The number of benzene rings is 1. The van der Waals surface area contributed by atoms with E-state index in [9.17, 15) is 18.0 Å². The molecule has 0 bridgehead atoms. The predicted octanol–water partition coefficient (Wildman–Crippen LogP) is -0.0478. The fourth-order valence-corrected chi connectivity index (χ4v) is 4.51. The van der Waals surface area contributed by atoms with Crippen molar-refractivity contribution in [3.63, 3.8) is 0 Å². The molecule has 136 valence electrons. The number of sulfonamides is 1. The molecule has 0 aliphatic carbocycles. The highest BCUT2D eigenvalue weighted by molar-refractivity contribution is 7.89. The number of nitrogens with zero attached hydrogens (tertiary/aromatic N) is 2. The zero-order valence-electron chi connectivity index (χ0n) is 14.0. The second kappa shape index (κ2) is 7.01. The van der Waals surface area contributed by atoms with Gasteiger partial charge in [0.05, 0.1) is 11.4 Å². The largest absolute Gasteiger partial charge is 0.479 e. The van der Waals surface area contributed by atoms with E-state index < -0.39 is 16.1 Å². The smallest absolute Gasteiger partial charge is 0.268 e. The number of ether oxygens (including phenoxy) is 1. The van der Waals surface area contributed by atoms with Crippen LogP contribution < -0.4 is 15.0 Å². The van der Waals surface area contributed by atoms with Gasteiger partial charge >= 0.3 is 0 Å². The van der Waals surface area contributed by atoms with Crippen LogP contribution in [-0.4, -0.2) is 62.6 Å². The van der Waals surface area contributed by atoms with Crippen LogP contribution >= 0.6 is 0 Å². The molecule has 1 aromatic rings. The van der Waals surface area contributed by atoms with Crippen molar-refractivity contribution in [2.45, 2.75) is 19.4 Å². The van der Waals surface area contributed by atoms with E-state index in [1.165, 1.54) is 9.21 Å². The summed E-state index contributed by atoms with van der Waals surface area (Å²) in [7, 11) is -3.17. The number of para-hydroxylation sites is 2. The Balaban J connectivity index is 1.58. The average molecular weight is 367 g/mol. The van der Waals surface area contributed by atoms with Crippen molar-refractivity contribution in [3.05, 3.63) is 24.3 Å². The Morgan fingerprint density at radius 2 is 2.12 bits per heavy atom. The van der Waals surface area contributed by atoms with Gasteiger partial charge in [-0.25, -0.2) is 12.7 Å². The summed E-state index contributed by atoms with van der Waals surface area (Å²) in [5.41, 5.74) is 0.558. The van der Waals surface area contributed by atoms with Gasteiger partial charge in [-0.05, 0) is 25.5 Å². The zero-order chi connectivity index (χ0) is 18.0. The van der Waals surface area contributed by atoms with Crippen molar-refractivity contribution in [3.8, 4) is 5.75 Å². The molecule has 1 saturated heterocycles. The lowest BCUT2D eigenvalue weighted by Crippen LogP contribution is -2.49. The van der Waals surface area contributed by atoms with Gasteiger partial charge < -0.3 is 10.1 Å². The van der Waals surface area contributed by atoms with Gasteiger partial charge in [0.1, 0.15) is 12.3 Å². The van der Waals surface area contributed by atoms with Gasteiger partial charge in [0.25, 0.3) is 5.91 Å². The first-order valence-electron chi connectivity index (χ1n) is 8.20. The minimum absolute atomic E-state index is 0.129. The van der Waals surface area contributed by atoms with Crippen LogP contribution in [-0.2, 0) is 19.6 Å². The number of carbonyl (C=O) groups is 2. The second-order valence-corrected chi connectivity index (χ2v) is 8.16. The Morgan fingerprint density at radius 1 is 1.36 bits per heavy atom. The monoisotopic (exact) mass is 367 g/mol. The molecule has 2 amide bonds. The Hall–Kier alpha value is -2.13. The van der Waals surface area contributed by atoms with E-state index in [4.69, 9.17) is 4.74 Å². The summed E-state index contributed by atoms with van der Waals surface area (Å²) in [4.78, 5) is 25.9. The Bertz CT molecular complexity index is 780. The maximum atomic E-state index is 12.3. The highest BCUT2D eigenvalue weighted by atomic mass is 32.2. The molecule has 1 atom stereocenters. The topological polar surface area (TPSA) is 96.0 Å². The second-order valence-electron chi connectivity index (χ2n) is 6.07. The molecule has 9 heteroatoms. The molecule has 0 radical (unpaired) electrons. The molecule has 8 nitrogen and oxygen atoms in total. The minimum atomic E-state index is -3.17. The Kier molecular flexibility index (Phi) is 4.96. The summed E-state index contributed by atoms with van der Waals surface area (Å²) in [5, 5.41) is 2.68. The van der Waals surface area contributed by atoms with Gasteiger partial charge in [-0.3, -0.25) is 14.5 Å². The fourth-order valence-electron chi connectivity index (χ4n) is 2.98. The predicted molar refractivity (Wildman–Crippen MR) is 91.9 cm³/mol. The normalized spacial score (nSPS) is 22.4. The number of nitrogens with one attached hydrogen (secondary N) is 1.